The zero-order valence-corrected chi connectivity index (χ0v) is 21.3. The molecule has 0 atom stereocenters. The van der Waals surface area contributed by atoms with Crippen molar-refractivity contribution in [1.29, 1.82) is 0 Å². The predicted molar refractivity (Wildman–Crippen MR) is 129 cm³/mol. The first-order chi connectivity index (χ1) is 18.1. The first kappa shape index (κ1) is 27.9. The molecule has 0 spiro atoms. The summed E-state index contributed by atoms with van der Waals surface area (Å²) in [7, 11) is -2.19. The second-order valence-corrected chi connectivity index (χ2v) is 11.0. The first-order valence-electron chi connectivity index (χ1n) is 11.3. The third kappa shape index (κ3) is 5.26. The number of amides is 1. The van der Waals surface area contributed by atoms with Crippen LogP contribution in [0.15, 0.2) is 41.9 Å². The number of aliphatic carboxylic acids is 1. The molecule has 0 aliphatic heterocycles. The van der Waals surface area contributed by atoms with Crippen molar-refractivity contribution in [3.63, 3.8) is 0 Å². The van der Waals surface area contributed by atoms with Gasteiger partial charge < -0.3 is 16.2 Å². The van der Waals surface area contributed by atoms with E-state index in [1.165, 1.54) is 23.5 Å². The molecule has 3 fully saturated rings. The van der Waals surface area contributed by atoms with Crippen LogP contribution in [0.2, 0.25) is 0 Å². The molecular formula is C22H23F3N8O5S. The Morgan fingerprint density at radius 2 is 1.85 bits per heavy atom. The SMILES string of the molecule is CNC(=O)C12CC(NS(=O)(=O)c3ccc(C)c(-c4cnc(N)c(-n5cncn5)n4)c3)(C1)C2.O=C(O)C(F)(F)F. The molecule has 3 saturated carbocycles. The number of aryl methyl sites for hydroxylation is 1. The van der Waals surface area contributed by atoms with Gasteiger partial charge in [-0.05, 0) is 43.9 Å². The highest BCUT2D eigenvalue weighted by Gasteiger charge is 2.72. The van der Waals surface area contributed by atoms with Gasteiger partial charge in [0.25, 0.3) is 0 Å². The topological polar surface area (TPSA) is 195 Å². The van der Waals surface area contributed by atoms with E-state index in [9.17, 15) is 26.4 Å². The Bertz CT molecular complexity index is 1520. The number of sulfonamides is 1. The Balaban J connectivity index is 0.000000448. The van der Waals surface area contributed by atoms with Crippen molar-refractivity contribution < 1.29 is 36.3 Å². The fourth-order valence-corrected chi connectivity index (χ4v) is 6.22. The normalized spacial score (nSPS) is 21.6. The Kier molecular flexibility index (Phi) is 6.84. The van der Waals surface area contributed by atoms with Gasteiger partial charge in [-0.3, -0.25) is 4.79 Å². The molecule has 2 heterocycles. The zero-order chi connectivity index (χ0) is 28.8. The van der Waals surface area contributed by atoms with E-state index in [-0.39, 0.29) is 16.6 Å². The lowest BCUT2D eigenvalue weighted by Gasteiger charge is -2.68. The van der Waals surface area contributed by atoms with Crippen molar-refractivity contribution in [2.24, 2.45) is 5.41 Å². The molecule has 0 radical (unpaired) electrons. The summed E-state index contributed by atoms with van der Waals surface area (Å²) < 4.78 is 62.2. The number of carbonyl (C=O) groups excluding carboxylic acids is 1. The highest BCUT2D eigenvalue weighted by atomic mass is 32.2. The number of carboxylic acids is 1. The average molecular weight is 569 g/mol. The van der Waals surface area contributed by atoms with Crippen LogP contribution in [0, 0.1) is 12.3 Å². The van der Waals surface area contributed by atoms with Crippen LogP contribution in [0.5, 0.6) is 0 Å². The van der Waals surface area contributed by atoms with E-state index in [4.69, 9.17) is 15.6 Å². The molecule has 17 heteroatoms. The third-order valence-corrected chi connectivity index (χ3v) is 8.12. The van der Waals surface area contributed by atoms with Gasteiger partial charge in [-0.25, -0.2) is 32.9 Å². The minimum Gasteiger partial charge on any atom is -0.475 e. The molecule has 6 rings (SSSR count). The number of aromatic nitrogens is 5. The minimum absolute atomic E-state index is 0.0266. The number of nitrogens with one attached hydrogen (secondary N) is 2. The first-order valence-corrected chi connectivity index (χ1v) is 12.7. The summed E-state index contributed by atoms with van der Waals surface area (Å²) in [5.74, 6) is -2.30. The van der Waals surface area contributed by atoms with Gasteiger partial charge in [0.05, 0.1) is 22.2 Å². The molecule has 13 nitrogen and oxygen atoms in total. The van der Waals surface area contributed by atoms with Gasteiger partial charge in [-0.1, -0.05) is 6.07 Å². The van der Waals surface area contributed by atoms with Gasteiger partial charge in [0, 0.05) is 18.2 Å². The van der Waals surface area contributed by atoms with Crippen LogP contribution in [0.25, 0.3) is 17.1 Å². The second-order valence-electron chi connectivity index (χ2n) is 9.36. The fraction of sp³-hybridized carbons (Fsp3) is 0.364. The van der Waals surface area contributed by atoms with Crippen LogP contribution in [0.4, 0.5) is 19.0 Å². The van der Waals surface area contributed by atoms with E-state index in [0.717, 1.165) is 5.56 Å². The number of nitrogens with zero attached hydrogens (tertiary/aromatic N) is 5. The van der Waals surface area contributed by atoms with Crippen LogP contribution in [-0.2, 0) is 19.6 Å². The summed E-state index contributed by atoms with van der Waals surface area (Å²) in [6, 6.07) is 4.86. The van der Waals surface area contributed by atoms with E-state index in [2.05, 4.69) is 30.1 Å². The molecule has 5 N–H and O–H groups in total. The van der Waals surface area contributed by atoms with Crippen molar-refractivity contribution >= 4 is 27.7 Å². The molecule has 3 aliphatic carbocycles. The van der Waals surface area contributed by atoms with Crippen molar-refractivity contribution in [1.82, 2.24) is 34.8 Å². The van der Waals surface area contributed by atoms with E-state index in [1.807, 2.05) is 6.92 Å². The average Bonchev–Trinajstić information content (AvgIpc) is 3.35. The number of benzene rings is 1. The molecule has 0 unspecified atom stereocenters. The van der Waals surface area contributed by atoms with E-state index >= 15 is 0 Å². The highest BCUT2D eigenvalue weighted by Crippen LogP contribution is 2.67. The Hall–Kier alpha value is -4.12. The van der Waals surface area contributed by atoms with Crippen molar-refractivity contribution in [2.75, 3.05) is 12.8 Å². The summed E-state index contributed by atoms with van der Waals surface area (Å²) in [5, 5.41) is 13.8. The predicted octanol–water partition coefficient (Wildman–Crippen LogP) is 1.20. The number of carbonyl (C=O) groups is 2. The molecule has 3 aromatic rings. The van der Waals surface area contributed by atoms with Gasteiger partial charge in [-0.15, -0.1) is 0 Å². The molecule has 2 bridgehead atoms. The van der Waals surface area contributed by atoms with Crippen LogP contribution in [-0.4, -0.2) is 68.9 Å². The molecule has 208 valence electrons. The van der Waals surface area contributed by atoms with E-state index in [0.29, 0.717) is 36.3 Å². The van der Waals surface area contributed by atoms with Gasteiger partial charge >= 0.3 is 12.1 Å². The van der Waals surface area contributed by atoms with Crippen LogP contribution in [0.1, 0.15) is 24.8 Å². The number of carboxylic acid groups (broad SMARTS) is 1. The summed E-state index contributed by atoms with van der Waals surface area (Å²) in [6.07, 6.45) is 0.775. The zero-order valence-electron chi connectivity index (χ0n) is 20.5. The molecule has 2 aromatic heterocycles. The van der Waals surface area contributed by atoms with Gasteiger partial charge in [-0.2, -0.15) is 23.0 Å². The smallest absolute Gasteiger partial charge is 0.475 e. The lowest BCUT2D eigenvalue weighted by molar-refractivity contribution is -0.192. The number of nitrogen functional groups attached to an aromatic ring is 1. The Morgan fingerprint density at radius 1 is 1.21 bits per heavy atom. The van der Waals surface area contributed by atoms with Gasteiger partial charge in [0.2, 0.25) is 15.9 Å². The molecular weight excluding hydrogens is 545 g/mol. The summed E-state index contributed by atoms with van der Waals surface area (Å²) in [6.45, 7) is 1.86. The standard InChI is InChI=1S/C20H22N8O3S.C2HF3O2/c1-12-3-4-13(32(30,31)27-20-7-19(8-20,9-20)18(29)22-2)5-14(12)15-6-24-16(21)17(26-15)28-11-23-10-25-28;3-2(4,5)1(6)7/h3-6,10-11,27H,7-9H2,1-2H3,(H2,21,24)(H,22,29);(H,6,7). The third-order valence-electron chi connectivity index (χ3n) is 6.54. The number of halogens is 3. The van der Waals surface area contributed by atoms with Crippen LogP contribution < -0.4 is 15.8 Å². The summed E-state index contributed by atoms with van der Waals surface area (Å²) in [5.41, 5.74) is 6.87. The van der Waals surface area contributed by atoms with E-state index < -0.39 is 33.1 Å². The second kappa shape index (κ2) is 9.57. The van der Waals surface area contributed by atoms with Gasteiger partial charge in [0.15, 0.2) is 11.6 Å². The lowest BCUT2D eigenvalue weighted by Crippen LogP contribution is -2.78. The maximum atomic E-state index is 13.1. The van der Waals surface area contributed by atoms with Crippen molar-refractivity contribution in [2.45, 2.75) is 42.8 Å². The maximum absolute atomic E-state index is 13.1. The van der Waals surface area contributed by atoms with Crippen LogP contribution in [0.3, 0.4) is 0 Å². The molecule has 0 saturated heterocycles. The molecule has 1 aromatic carbocycles. The number of hydrogen-bond donors (Lipinski definition) is 4. The number of nitrogens with two attached hydrogens (primary N) is 1. The fourth-order valence-electron chi connectivity index (χ4n) is 4.79. The van der Waals surface area contributed by atoms with Crippen molar-refractivity contribution in [3.8, 4) is 17.1 Å². The number of rotatable bonds is 6. The number of hydrogen-bond acceptors (Lipinski definition) is 9. The van der Waals surface area contributed by atoms with Crippen molar-refractivity contribution in [3.05, 3.63) is 42.6 Å². The van der Waals surface area contributed by atoms with Crippen LogP contribution >= 0.6 is 0 Å². The summed E-state index contributed by atoms with van der Waals surface area (Å²) >= 11 is 0. The maximum Gasteiger partial charge on any atom is 0.490 e. The van der Waals surface area contributed by atoms with Gasteiger partial charge in [0.1, 0.15) is 12.7 Å². The number of anilines is 1. The molecule has 3 aliphatic rings. The monoisotopic (exact) mass is 568 g/mol. The number of alkyl halides is 3. The largest absolute Gasteiger partial charge is 0.490 e. The van der Waals surface area contributed by atoms with E-state index in [1.54, 1.807) is 25.2 Å². The molecule has 1 amide bonds. The highest BCUT2D eigenvalue weighted by molar-refractivity contribution is 7.89. The lowest BCUT2D eigenvalue weighted by atomic mass is 9.39. The molecule has 39 heavy (non-hydrogen) atoms. The Morgan fingerprint density at radius 3 is 2.38 bits per heavy atom. The minimum atomic E-state index is -5.08. The summed E-state index contributed by atoms with van der Waals surface area (Å²) in [4.78, 5) is 33.6. The Labute approximate surface area is 219 Å². The quantitative estimate of drug-likeness (QED) is 0.335.